The molecule has 0 bridgehead atoms. The van der Waals surface area contributed by atoms with Crippen LogP contribution in [0.25, 0.3) is 0 Å². The molecule has 0 aliphatic rings. The van der Waals surface area contributed by atoms with Crippen LogP contribution in [0.5, 0.6) is 0 Å². The third kappa shape index (κ3) is 9.03. The van der Waals surface area contributed by atoms with Crippen LogP contribution in [0.4, 0.5) is 8.78 Å². The number of carbonyl (C=O) groups is 2. The highest BCUT2D eigenvalue weighted by Gasteiger charge is 2.18. The highest BCUT2D eigenvalue weighted by molar-refractivity contribution is 5.73. The SMILES string of the molecule is CC(F)C(N)C(=O)O.N[C@@H](CF)C(=O)O. The molecule has 0 spiro atoms. The van der Waals surface area contributed by atoms with E-state index in [1.54, 1.807) is 0 Å². The van der Waals surface area contributed by atoms with Crippen LogP contribution in [0.15, 0.2) is 0 Å². The Kier molecular flexibility index (Phi) is 8.69. The molecule has 8 heteroatoms. The number of carboxylic acids is 2. The highest BCUT2D eigenvalue weighted by atomic mass is 19.1. The fourth-order valence-corrected chi connectivity index (χ4v) is 0.262. The summed E-state index contributed by atoms with van der Waals surface area (Å²) in [5, 5.41) is 15.8. The van der Waals surface area contributed by atoms with E-state index in [1.807, 2.05) is 0 Å². The molecule has 2 unspecified atom stereocenters. The number of rotatable bonds is 4. The molecular weight excluding hydrogens is 214 g/mol. The van der Waals surface area contributed by atoms with Crippen molar-refractivity contribution >= 4 is 11.9 Å². The molecule has 0 radical (unpaired) electrons. The third-order valence-electron chi connectivity index (χ3n) is 1.26. The fraction of sp³-hybridized carbons (Fsp3) is 0.714. The first-order chi connectivity index (χ1) is 6.73. The molecule has 0 aromatic heterocycles. The maximum Gasteiger partial charge on any atom is 0.323 e. The summed E-state index contributed by atoms with van der Waals surface area (Å²) in [7, 11) is 0. The van der Waals surface area contributed by atoms with Gasteiger partial charge in [0.1, 0.15) is 24.9 Å². The summed E-state index contributed by atoms with van der Waals surface area (Å²) in [6.07, 6.45) is -1.48. The predicted octanol–water partition coefficient (Wildman–Crippen LogP) is -0.876. The summed E-state index contributed by atoms with van der Waals surface area (Å²) in [5.41, 5.74) is 9.43. The smallest absolute Gasteiger partial charge is 0.323 e. The van der Waals surface area contributed by atoms with Crippen molar-refractivity contribution in [3.05, 3.63) is 0 Å². The van der Waals surface area contributed by atoms with Crippen LogP contribution in [0, 0.1) is 0 Å². The molecule has 0 heterocycles. The predicted molar refractivity (Wildman–Crippen MR) is 47.8 cm³/mol. The summed E-state index contributed by atoms with van der Waals surface area (Å²) >= 11 is 0. The van der Waals surface area contributed by atoms with Gasteiger partial charge in [-0.25, -0.2) is 8.78 Å². The van der Waals surface area contributed by atoms with Gasteiger partial charge in [-0.2, -0.15) is 0 Å². The van der Waals surface area contributed by atoms with Gasteiger partial charge in [0.05, 0.1) is 0 Å². The molecule has 0 saturated heterocycles. The van der Waals surface area contributed by atoms with Crippen molar-refractivity contribution in [2.24, 2.45) is 11.5 Å². The molecule has 6 N–H and O–H groups in total. The lowest BCUT2D eigenvalue weighted by Crippen LogP contribution is -2.37. The third-order valence-corrected chi connectivity index (χ3v) is 1.26. The Balaban J connectivity index is 0. The van der Waals surface area contributed by atoms with Gasteiger partial charge in [-0.05, 0) is 6.92 Å². The Morgan fingerprint density at radius 1 is 1.27 bits per heavy atom. The first kappa shape index (κ1) is 16.2. The number of aliphatic carboxylic acids is 2. The lowest BCUT2D eigenvalue weighted by molar-refractivity contribution is -0.140. The lowest BCUT2D eigenvalue weighted by Gasteiger charge is -2.04. The van der Waals surface area contributed by atoms with E-state index < -0.39 is 36.9 Å². The van der Waals surface area contributed by atoms with Crippen molar-refractivity contribution in [1.29, 1.82) is 0 Å². The van der Waals surface area contributed by atoms with Gasteiger partial charge in [-0.1, -0.05) is 0 Å². The van der Waals surface area contributed by atoms with Gasteiger partial charge in [-0.3, -0.25) is 9.59 Å². The quantitative estimate of drug-likeness (QED) is 0.495. The minimum Gasteiger partial charge on any atom is -0.480 e. The summed E-state index contributed by atoms with van der Waals surface area (Å²) in [5.74, 6) is -2.61. The van der Waals surface area contributed by atoms with E-state index in [4.69, 9.17) is 15.9 Å². The maximum atomic E-state index is 11.8. The molecule has 3 atom stereocenters. The molecule has 0 aromatic rings. The monoisotopic (exact) mass is 228 g/mol. The molecule has 15 heavy (non-hydrogen) atoms. The van der Waals surface area contributed by atoms with Crippen LogP contribution in [-0.2, 0) is 9.59 Å². The molecule has 0 rings (SSSR count). The number of hydrogen-bond acceptors (Lipinski definition) is 4. The average molecular weight is 228 g/mol. The van der Waals surface area contributed by atoms with Gasteiger partial charge in [-0.15, -0.1) is 0 Å². The van der Waals surface area contributed by atoms with Crippen LogP contribution >= 0.6 is 0 Å². The number of halogens is 2. The zero-order chi connectivity index (χ0) is 12.6. The van der Waals surface area contributed by atoms with E-state index in [0.717, 1.165) is 6.92 Å². The Morgan fingerprint density at radius 2 is 1.67 bits per heavy atom. The summed E-state index contributed by atoms with van der Waals surface area (Å²) < 4.78 is 23.0. The Labute approximate surface area is 84.9 Å². The molecule has 6 nitrogen and oxygen atoms in total. The minimum absolute atomic E-state index is 1.00. The fourth-order valence-electron chi connectivity index (χ4n) is 0.262. The van der Waals surface area contributed by atoms with Crippen molar-refractivity contribution in [3.8, 4) is 0 Å². The van der Waals surface area contributed by atoms with Gasteiger partial charge >= 0.3 is 11.9 Å². The zero-order valence-corrected chi connectivity index (χ0v) is 8.06. The number of hydrogen-bond donors (Lipinski definition) is 4. The zero-order valence-electron chi connectivity index (χ0n) is 8.06. The van der Waals surface area contributed by atoms with Crippen molar-refractivity contribution in [2.45, 2.75) is 25.2 Å². The molecular formula is C7H14F2N2O4. The molecule has 0 aliphatic heterocycles. The average Bonchev–Trinajstić information content (AvgIpc) is 2.15. The normalized spacial score (nSPS) is 15.5. The second-order valence-corrected chi connectivity index (χ2v) is 2.64. The number of carboxylic acid groups (broad SMARTS) is 2. The Morgan fingerprint density at radius 3 is 1.67 bits per heavy atom. The minimum atomic E-state index is -1.48. The highest BCUT2D eigenvalue weighted by Crippen LogP contribution is 1.92. The Hall–Kier alpha value is -1.28. The van der Waals surface area contributed by atoms with Crippen molar-refractivity contribution < 1.29 is 28.6 Å². The summed E-state index contributed by atoms with van der Waals surface area (Å²) in [6.45, 7) is 0.105. The van der Waals surface area contributed by atoms with Gasteiger partial charge in [0, 0.05) is 0 Å². The van der Waals surface area contributed by atoms with Gasteiger partial charge in [0.15, 0.2) is 0 Å². The van der Waals surface area contributed by atoms with Crippen LogP contribution < -0.4 is 11.5 Å². The number of nitrogens with two attached hydrogens (primary N) is 2. The van der Waals surface area contributed by atoms with E-state index in [1.165, 1.54) is 0 Å². The van der Waals surface area contributed by atoms with E-state index in [9.17, 15) is 18.4 Å². The topological polar surface area (TPSA) is 127 Å². The molecule has 0 saturated carbocycles. The molecule has 0 fully saturated rings. The first-order valence-electron chi connectivity index (χ1n) is 3.90. The van der Waals surface area contributed by atoms with E-state index in [2.05, 4.69) is 5.73 Å². The van der Waals surface area contributed by atoms with Gasteiger partial charge in [0.25, 0.3) is 0 Å². The van der Waals surface area contributed by atoms with Gasteiger partial charge in [0.2, 0.25) is 0 Å². The van der Waals surface area contributed by atoms with E-state index in [0.29, 0.717) is 0 Å². The summed E-state index contributed by atoms with van der Waals surface area (Å²) in [6, 6.07) is -2.73. The Bertz CT molecular complexity index is 213. The van der Waals surface area contributed by atoms with Crippen molar-refractivity contribution in [3.63, 3.8) is 0 Å². The second-order valence-electron chi connectivity index (χ2n) is 2.64. The van der Waals surface area contributed by atoms with Crippen LogP contribution in [-0.4, -0.2) is 47.1 Å². The van der Waals surface area contributed by atoms with Crippen molar-refractivity contribution in [2.75, 3.05) is 6.67 Å². The first-order valence-corrected chi connectivity index (χ1v) is 3.90. The van der Waals surface area contributed by atoms with Crippen LogP contribution in [0.2, 0.25) is 0 Å². The largest absolute Gasteiger partial charge is 0.480 e. The van der Waals surface area contributed by atoms with E-state index >= 15 is 0 Å². The molecule has 0 amide bonds. The molecule has 0 aromatic carbocycles. The molecule has 90 valence electrons. The molecule has 0 aliphatic carbocycles. The van der Waals surface area contributed by atoms with Crippen LogP contribution in [0.1, 0.15) is 6.92 Å². The number of alkyl halides is 2. The van der Waals surface area contributed by atoms with Gasteiger partial charge < -0.3 is 21.7 Å². The summed E-state index contributed by atoms with van der Waals surface area (Å²) in [4.78, 5) is 19.3. The lowest BCUT2D eigenvalue weighted by atomic mass is 10.2. The van der Waals surface area contributed by atoms with Crippen LogP contribution in [0.3, 0.4) is 0 Å². The maximum absolute atomic E-state index is 11.8. The second kappa shape index (κ2) is 8.06. The standard InChI is InChI=1S/C4H8FNO2.C3H6FNO2/c1-2(5)3(6)4(7)8;4-1-2(5)3(6)7/h2-3H,6H2,1H3,(H,7,8);2H,1,5H2,(H,6,7)/t;2-/m.0/s1. The van der Waals surface area contributed by atoms with E-state index in [-0.39, 0.29) is 0 Å². The van der Waals surface area contributed by atoms with Crippen molar-refractivity contribution in [1.82, 2.24) is 0 Å².